The quantitative estimate of drug-likeness (QED) is 0.912. The van der Waals surface area contributed by atoms with Gasteiger partial charge in [0.05, 0.1) is 18.4 Å². The molecule has 0 saturated heterocycles. The van der Waals surface area contributed by atoms with Crippen LogP contribution in [-0.4, -0.2) is 46.6 Å². The SMILES string of the molecule is COc1ccc(-c2cn(C(=O)N(C)C3CCCCC3)cn2)cc1C(N)=O. The fourth-order valence-electron chi connectivity index (χ4n) is 3.44. The van der Waals surface area contributed by atoms with Gasteiger partial charge in [0.25, 0.3) is 5.91 Å². The summed E-state index contributed by atoms with van der Waals surface area (Å²) in [4.78, 5) is 30.4. The van der Waals surface area contributed by atoms with Gasteiger partial charge in [-0.2, -0.15) is 0 Å². The van der Waals surface area contributed by atoms with Crippen LogP contribution in [0.2, 0.25) is 0 Å². The summed E-state index contributed by atoms with van der Waals surface area (Å²) >= 11 is 0. The van der Waals surface area contributed by atoms with Crippen molar-refractivity contribution >= 4 is 11.9 Å². The summed E-state index contributed by atoms with van der Waals surface area (Å²) in [6, 6.07) is 5.27. The highest BCUT2D eigenvalue weighted by Gasteiger charge is 2.23. The van der Waals surface area contributed by atoms with Crippen molar-refractivity contribution in [2.75, 3.05) is 14.2 Å². The lowest BCUT2D eigenvalue weighted by molar-refractivity contribution is 0.0997. The van der Waals surface area contributed by atoms with E-state index in [2.05, 4.69) is 4.98 Å². The number of rotatable bonds is 4. The zero-order valence-electron chi connectivity index (χ0n) is 15.1. The highest BCUT2D eigenvalue weighted by molar-refractivity contribution is 5.97. The summed E-state index contributed by atoms with van der Waals surface area (Å²) in [7, 11) is 3.33. The Kier molecular flexibility index (Phi) is 5.25. The van der Waals surface area contributed by atoms with Gasteiger partial charge in [-0.05, 0) is 31.0 Å². The molecule has 0 atom stereocenters. The summed E-state index contributed by atoms with van der Waals surface area (Å²) in [5.74, 6) is -0.162. The minimum Gasteiger partial charge on any atom is -0.496 e. The average Bonchev–Trinajstić information content (AvgIpc) is 3.17. The predicted octanol–water partition coefficient (Wildman–Crippen LogP) is 2.89. The zero-order valence-corrected chi connectivity index (χ0v) is 15.1. The molecule has 1 aliphatic carbocycles. The number of hydrogen-bond acceptors (Lipinski definition) is 4. The lowest BCUT2D eigenvalue weighted by Crippen LogP contribution is -2.40. The molecular weight excluding hydrogens is 332 g/mol. The molecule has 2 N–H and O–H groups in total. The van der Waals surface area contributed by atoms with Crippen molar-refractivity contribution in [2.24, 2.45) is 5.73 Å². The van der Waals surface area contributed by atoms with E-state index in [1.54, 1.807) is 29.3 Å². The van der Waals surface area contributed by atoms with E-state index in [4.69, 9.17) is 10.5 Å². The number of carbonyl (C=O) groups is 2. The summed E-state index contributed by atoms with van der Waals surface area (Å²) in [6.45, 7) is 0. The van der Waals surface area contributed by atoms with Crippen molar-refractivity contribution in [3.05, 3.63) is 36.3 Å². The van der Waals surface area contributed by atoms with Crippen LogP contribution in [0.15, 0.2) is 30.7 Å². The molecule has 0 unspecified atom stereocenters. The lowest BCUT2D eigenvalue weighted by atomic mass is 9.95. The predicted molar refractivity (Wildman–Crippen MR) is 98.2 cm³/mol. The first-order valence-electron chi connectivity index (χ1n) is 8.80. The van der Waals surface area contributed by atoms with E-state index in [0.717, 1.165) is 12.8 Å². The Morgan fingerprint density at radius 2 is 2.00 bits per heavy atom. The van der Waals surface area contributed by atoms with Gasteiger partial charge >= 0.3 is 6.03 Å². The molecule has 7 nitrogen and oxygen atoms in total. The number of imidazole rings is 1. The van der Waals surface area contributed by atoms with Crippen molar-refractivity contribution in [1.82, 2.24) is 14.5 Å². The Bertz CT molecular complexity index is 809. The fourth-order valence-corrected chi connectivity index (χ4v) is 3.44. The first kappa shape index (κ1) is 18.0. The van der Waals surface area contributed by atoms with Crippen LogP contribution in [0.5, 0.6) is 5.75 Å². The van der Waals surface area contributed by atoms with Gasteiger partial charge in [0.15, 0.2) is 0 Å². The summed E-state index contributed by atoms with van der Waals surface area (Å²) in [5.41, 5.74) is 6.99. The molecule has 26 heavy (non-hydrogen) atoms. The Balaban J connectivity index is 1.82. The van der Waals surface area contributed by atoms with Gasteiger partial charge in [-0.15, -0.1) is 0 Å². The molecule has 2 amide bonds. The van der Waals surface area contributed by atoms with E-state index in [0.29, 0.717) is 17.0 Å². The van der Waals surface area contributed by atoms with Gasteiger partial charge in [-0.3, -0.25) is 9.36 Å². The number of ether oxygens (including phenoxy) is 1. The third-order valence-electron chi connectivity index (χ3n) is 4.99. The normalized spacial score (nSPS) is 14.8. The molecule has 2 aromatic rings. The number of methoxy groups -OCH3 is 1. The second-order valence-corrected chi connectivity index (χ2v) is 6.63. The molecule has 1 heterocycles. The van der Waals surface area contributed by atoms with E-state index >= 15 is 0 Å². The molecule has 1 aliphatic rings. The molecule has 138 valence electrons. The standard InChI is InChI=1S/C19H24N4O3/c1-22(14-6-4-3-5-7-14)19(25)23-11-16(21-12-23)13-8-9-17(26-2)15(10-13)18(20)24/h8-12,14H,3-7H2,1-2H3,(H2,20,24). The number of benzene rings is 1. The minimum atomic E-state index is -0.573. The van der Waals surface area contributed by atoms with Gasteiger partial charge in [0.1, 0.15) is 12.1 Å². The largest absolute Gasteiger partial charge is 0.496 e. The first-order valence-corrected chi connectivity index (χ1v) is 8.80. The Morgan fingerprint density at radius 3 is 2.65 bits per heavy atom. The number of carbonyl (C=O) groups excluding carboxylic acids is 2. The Labute approximate surface area is 152 Å². The first-order chi connectivity index (χ1) is 12.5. The molecule has 0 bridgehead atoms. The van der Waals surface area contributed by atoms with Crippen LogP contribution in [-0.2, 0) is 0 Å². The molecule has 1 fully saturated rings. The van der Waals surface area contributed by atoms with Gasteiger partial charge in [-0.1, -0.05) is 19.3 Å². The molecule has 0 radical (unpaired) electrons. The van der Waals surface area contributed by atoms with Crippen LogP contribution in [0.25, 0.3) is 11.3 Å². The number of nitrogens with zero attached hydrogens (tertiary/aromatic N) is 3. The topological polar surface area (TPSA) is 90.4 Å². The van der Waals surface area contributed by atoms with Crippen LogP contribution < -0.4 is 10.5 Å². The van der Waals surface area contributed by atoms with Crippen molar-refractivity contribution in [3.8, 4) is 17.0 Å². The third kappa shape index (κ3) is 3.56. The van der Waals surface area contributed by atoms with Crippen LogP contribution in [0.1, 0.15) is 42.5 Å². The summed E-state index contributed by atoms with van der Waals surface area (Å²) in [5, 5.41) is 0. The van der Waals surface area contributed by atoms with Gasteiger partial charge in [-0.25, -0.2) is 9.78 Å². The molecule has 0 spiro atoms. The number of aromatic nitrogens is 2. The maximum absolute atomic E-state index is 12.7. The zero-order chi connectivity index (χ0) is 18.7. The number of hydrogen-bond donors (Lipinski definition) is 1. The molecular formula is C19H24N4O3. The van der Waals surface area contributed by atoms with Gasteiger partial charge in [0.2, 0.25) is 0 Å². The second-order valence-electron chi connectivity index (χ2n) is 6.63. The lowest BCUT2D eigenvalue weighted by Gasteiger charge is -2.31. The highest BCUT2D eigenvalue weighted by Crippen LogP contribution is 2.26. The van der Waals surface area contributed by atoms with E-state index in [1.165, 1.54) is 37.3 Å². The van der Waals surface area contributed by atoms with Crippen LogP contribution in [0.3, 0.4) is 0 Å². The van der Waals surface area contributed by atoms with Crippen LogP contribution in [0, 0.1) is 0 Å². The second kappa shape index (κ2) is 7.59. The maximum atomic E-state index is 12.7. The van der Waals surface area contributed by atoms with Crippen molar-refractivity contribution in [2.45, 2.75) is 38.1 Å². The van der Waals surface area contributed by atoms with Gasteiger partial charge < -0.3 is 15.4 Å². The number of amides is 2. The molecule has 0 aliphatic heterocycles. The van der Waals surface area contributed by atoms with E-state index in [1.807, 2.05) is 7.05 Å². The smallest absolute Gasteiger partial charge is 0.329 e. The van der Waals surface area contributed by atoms with Crippen molar-refractivity contribution in [1.29, 1.82) is 0 Å². The fraction of sp³-hybridized carbons (Fsp3) is 0.421. The van der Waals surface area contributed by atoms with E-state index in [9.17, 15) is 9.59 Å². The summed E-state index contributed by atoms with van der Waals surface area (Å²) in [6.07, 6.45) is 8.85. The highest BCUT2D eigenvalue weighted by atomic mass is 16.5. The molecule has 1 aromatic heterocycles. The number of nitrogens with two attached hydrogens (primary N) is 1. The monoisotopic (exact) mass is 356 g/mol. The maximum Gasteiger partial charge on any atom is 0.329 e. The van der Waals surface area contributed by atoms with Gasteiger partial charge in [0, 0.05) is 24.8 Å². The molecule has 7 heteroatoms. The number of primary amides is 1. The van der Waals surface area contributed by atoms with Crippen LogP contribution in [0.4, 0.5) is 4.79 Å². The Morgan fingerprint density at radius 1 is 1.27 bits per heavy atom. The van der Waals surface area contributed by atoms with Crippen LogP contribution >= 0.6 is 0 Å². The molecule has 1 saturated carbocycles. The van der Waals surface area contributed by atoms with E-state index < -0.39 is 5.91 Å². The van der Waals surface area contributed by atoms with Crippen molar-refractivity contribution < 1.29 is 14.3 Å². The Hall–Kier alpha value is -2.83. The molecule has 3 rings (SSSR count). The third-order valence-corrected chi connectivity index (χ3v) is 4.99. The minimum absolute atomic E-state index is 0.0979. The average molecular weight is 356 g/mol. The van der Waals surface area contributed by atoms with E-state index in [-0.39, 0.29) is 17.6 Å². The summed E-state index contributed by atoms with van der Waals surface area (Å²) < 4.78 is 6.64. The molecule has 1 aromatic carbocycles. The van der Waals surface area contributed by atoms with Crippen molar-refractivity contribution in [3.63, 3.8) is 0 Å².